The highest BCUT2D eigenvalue weighted by Gasteiger charge is 1.91. The molecule has 1 N–H and O–H groups in total. The molecular weight excluding hydrogens is 190 g/mol. The lowest BCUT2D eigenvalue weighted by Gasteiger charge is -2.01. The van der Waals surface area contributed by atoms with Crippen LogP contribution in [0.1, 0.15) is 18.9 Å². The van der Waals surface area contributed by atoms with Gasteiger partial charge < -0.3 is 9.84 Å². The van der Waals surface area contributed by atoms with Gasteiger partial charge in [0.2, 0.25) is 0 Å². The number of nitrogens with zero attached hydrogens (tertiary/aromatic N) is 1. The van der Waals surface area contributed by atoms with E-state index >= 15 is 0 Å². The number of hydrogen-bond acceptors (Lipinski definition) is 3. The molecule has 15 heavy (non-hydrogen) atoms. The molecule has 0 aliphatic rings. The second-order valence-electron chi connectivity index (χ2n) is 3.11. The molecule has 0 aromatic heterocycles. The van der Waals surface area contributed by atoms with Crippen molar-refractivity contribution in [3.05, 3.63) is 29.8 Å². The van der Waals surface area contributed by atoms with Crippen LogP contribution in [0.25, 0.3) is 0 Å². The van der Waals surface area contributed by atoms with Crippen LogP contribution in [0, 0.1) is 0 Å². The van der Waals surface area contributed by atoms with Crippen LogP contribution >= 0.6 is 0 Å². The van der Waals surface area contributed by atoms with Gasteiger partial charge >= 0.3 is 0 Å². The lowest BCUT2D eigenvalue weighted by atomic mass is 10.2. The van der Waals surface area contributed by atoms with Gasteiger partial charge in [0.1, 0.15) is 5.75 Å². The van der Waals surface area contributed by atoms with Gasteiger partial charge in [0.15, 0.2) is 0 Å². The molecule has 0 saturated carbocycles. The molecule has 1 aromatic rings. The summed E-state index contributed by atoms with van der Waals surface area (Å²) in [5.74, 6) is 0.880. The summed E-state index contributed by atoms with van der Waals surface area (Å²) in [5, 5.41) is 8.57. The van der Waals surface area contributed by atoms with E-state index in [-0.39, 0.29) is 6.61 Å². The maximum Gasteiger partial charge on any atom is 0.119 e. The van der Waals surface area contributed by atoms with Crippen molar-refractivity contribution in [2.75, 3.05) is 19.8 Å². The average Bonchev–Trinajstić information content (AvgIpc) is 2.27. The van der Waals surface area contributed by atoms with E-state index in [0.29, 0.717) is 19.6 Å². The third kappa shape index (κ3) is 4.61. The maximum atomic E-state index is 8.57. The fraction of sp³-hybridized carbons (Fsp3) is 0.417. The van der Waals surface area contributed by atoms with Crippen LogP contribution in [-0.2, 0) is 0 Å². The first-order valence-electron chi connectivity index (χ1n) is 5.20. The molecule has 0 spiro atoms. The highest BCUT2D eigenvalue weighted by molar-refractivity contribution is 5.79. The first kappa shape index (κ1) is 11.7. The summed E-state index contributed by atoms with van der Waals surface area (Å²) in [6.07, 6.45) is 2.53. The Balaban J connectivity index is 2.45. The second-order valence-corrected chi connectivity index (χ2v) is 3.11. The van der Waals surface area contributed by atoms with Crippen molar-refractivity contribution >= 4 is 6.21 Å². The van der Waals surface area contributed by atoms with Crippen molar-refractivity contribution in [2.45, 2.75) is 13.3 Å². The van der Waals surface area contributed by atoms with Crippen molar-refractivity contribution in [1.82, 2.24) is 0 Å². The molecule has 3 heteroatoms. The van der Waals surface area contributed by atoms with Crippen LogP contribution in [0.15, 0.2) is 29.3 Å². The number of rotatable bonds is 6. The van der Waals surface area contributed by atoms with E-state index in [1.54, 1.807) is 0 Å². The Bertz CT molecular complexity index is 293. The van der Waals surface area contributed by atoms with Gasteiger partial charge in [-0.1, -0.05) is 0 Å². The van der Waals surface area contributed by atoms with E-state index in [0.717, 1.165) is 11.3 Å². The molecule has 3 nitrogen and oxygen atoms in total. The Hall–Kier alpha value is -1.35. The summed E-state index contributed by atoms with van der Waals surface area (Å²) in [6, 6.07) is 7.79. The first-order valence-corrected chi connectivity index (χ1v) is 5.20. The maximum absolute atomic E-state index is 8.57. The van der Waals surface area contributed by atoms with E-state index in [9.17, 15) is 0 Å². The number of aliphatic hydroxyl groups excluding tert-OH is 1. The number of hydrogen-bond donors (Lipinski definition) is 1. The normalized spacial score (nSPS) is 10.8. The summed E-state index contributed by atoms with van der Waals surface area (Å²) in [7, 11) is 0. The molecule has 0 unspecified atom stereocenters. The largest absolute Gasteiger partial charge is 0.494 e. The zero-order valence-electron chi connectivity index (χ0n) is 9.02. The van der Waals surface area contributed by atoms with E-state index in [2.05, 4.69) is 4.99 Å². The Kier molecular flexibility index (Phi) is 5.48. The van der Waals surface area contributed by atoms with E-state index in [1.807, 2.05) is 37.4 Å². The van der Waals surface area contributed by atoms with Gasteiger partial charge in [-0.05, 0) is 43.2 Å². The van der Waals surface area contributed by atoms with Crippen molar-refractivity contribution < 1.29 is 9.84 Å². The summed E-state index contributed by atoms with van der Waals surface area (Å²) < 4.78 is 5.33. The molecule has 0 bridgehead atoms. The zero-order valence-corrected chi connectivity index (χ0v) is 9.02. The predicted octanol–water partition coefficient (Wildman–Crippen LogP) is 1.89. The van der Waals surface area contributed by atoms with Crippen LogP contribution in [0.2, 0.25) is 0 Å². The third-order valence-corrected chi connectivity index (χ3v) is 1.88. The fourth-order valence-electron chi connectivity index (χ4n) is 1.15. The average molecular weight is 207 g/mol. The van der Waals surface area contributed by atoms with Gasteiger partial charge in [0.05, 0.1) is 6.61 Å². The third-order valence-electron chi connectivity index (χ3n) is 1.88. The smallest absolute Gasteiger partial charge is 0.119 e. The molecule has 0 aliphatic heterocycles. The minimum atomic E-state index is 0.195. The van der Waals surface area contributed by atoms with Crippen LogP contribution in [-0.4, -0.2) is 31.1 Å². The van der Waals surface area contributed by atoms with Gasteiger partial charge in [0, 0.05) is 19.4 Å². The summed E-state index contributed by atoms with van der Waals surface area (Å²) in [5.41, 5.74) is 1.05. The summed E-state index contributed by atoms with van der Waals surface area (Å²) in [6.45, 7) is 3.51. The SMILES string of the molecule is CCOc1ccc(C=NCCCO)cc1. The topological polar surface area (TPSA) is 41.8 Å². The molecule has 1 rings (SSSR count). The molecule has 0 amide bonds. The van der Waals surface area contributed by atoms with Crippen molar-refractivity contribution in [1.29, 1.82) is 0 Å². The van der Waals surface area contributed by atoms with Crippen LogP contribution in [0.5, 0.6) is 5.75 Å². The highest BCUT2D eigenvalue weighted by Crippen LogP contribution is 2.10. The number of aliphatic hydroxyl groups is 1. The van der Waals surface area contributed by atoms with Crippen LogP contribution < -0.4 is 4.74 Å². The minimum Gasteiger partial charge on any atom is -0.494 e. The number of ether oxygens (including phenoxy) is 1. The Labute approximate surface area is 90.4 Å². The molecule has 0 atom stereocenters. The lowest BCUT2D eigenvalue weighted by molar-refractivity contribution is 0.291. The number of benzene rings is 1. The van der Waals surface area contributed by atoms with Gasteiger partial charge in [-0.15, -0.1) is 0 Å². The van der Waals surface area contributed by atoms with Crippen LogP contribution in [0.3, 0.4) is 0 Å². The Morgan fingerprint density at radius 1 is 1.33 bits per heavy atom. The van der Waals surface area contributed by atoms with Gasteiger partial charge in [-0.25, -0.2) is 0 Å². The number of aliphatic imine (C=N–C) groups is 1. The van der Waals surface area contributed by atoms with Crippen molar-refractivity contribution in [3.63, 3.8) is 0 Å². The molecule has 1 aromatic carbocycles. The van der Waals surface area contributed by atoms with E-state index < -0.39 is 0 Å². The molecule has 0 aliphatic carbocycles. The minimum absolute atomic E-state index is 0.195. The highest BCUT2D eigenvalue weighted by atomic mass is 16.5. The van der Waals surface area contributed by atoms with Crippen molar-refractivity contribution in [2.24, 2.45) is 4.99 Å². The monoisotopic (exact) mass is 207 g/mol. The fourth-order valence-corrected chi connectivity index (χ4v) is 1.15. The molecule has 0 fully saturated rings. The predicted molar refractivity (Wildman–Crippen MR) is 61.8 cm³/mol. The molecule has 82 valence electrons. The zero-order chi connectivity index (χ0) is 10.9. The van der Waals surface area contributed by atoms with Crippen molar-refractivity contribution in [3.8, 4) is 5.75 Å². The molecule has 0 radical (unpaired) electrons. The van der Waals surface area contributed by atoms with Crippen LogP contribution in [0.4, 0.5) is 0 Å². The second kappa shape index (κ2) is 7.01. The standard InChI is InChI=1S/C12H17NO2/c1-2-15-12-6-4-11(5-7-12)10-13-8-3-9-14/h4-7,10,14H,2-3,8-9H2,1H3. The van der Waals surface area contributed by atoms with Gasteiger partial charge in [-0.2, -0.15) is 0 Å². The van der Waals surface area contributed by atoms with Gasteiger partial charge in [0.25, 0.3) is 0 Å². The molecule has 0 heterocycles. The Morgan fingerprint density at radius 3 is 2.67 bits per heavy atom. The molecule has 0 saturated heterocycles. The Morgan fingerprint density at radius 2 is 2.07 bits per heavy atom. The van der Waals surface area contributed by atoms with E-state index in [1.165, 1.54) is 0 Å². The van der Waals surface area contributed by atoms with Gasteiger partial charge in [-0.3, -0.25) is 4.99 Å². The summed E-state index contributed by atoms with van der Waals surface area (Å²) >= 11 is 0. The van der Waals surface area contributed by atoms with E-state index in [4.69, 9.17) is 9.84 Å². The first-order chi connectivity index (χ1) is 7.36. The molecular formula is C12H17NO2. The quantitative estimate of drug-likeness (QED) is 0.571. The summed E-state index contributed by atoms with van der Waals surface area (Å²) in [4.78, 5) is 4.18. The lowest BCUT2D eigenvalue weighted by Crippen LogP contribution is -1.92.